The number of aromatic nitrogens is 2. The number of carbonyl (C=O) groups is 1. The maximum absolute atomic E-state index is 13.8. The minimum absolute atomic E-state index is 0.00436. The van der Waals surface area contributed by atoms with Crippen LogP contribution in [0.15, 0.2) is 47.0 Å². The van der Waals surface area contributed by atoms with Crippen LogP contribution in [0.4, 0.5) is 30.7 Å². The number of carbonyl (C=O) groups excluding carboxylic acids is 1. The molecule has 13 heteroatoms. The topological polar surface area (TPSA) is 68.5 Å². The van der Waals surface area contributed by atoms with Crippen LogP contribution in [0.5, 0.6) is 0 Å². The molecule has 2 fully saturated rings. The lowest BCUT2D eigenvalue weighted by Crippen LogP contribution is -2.43. The summed E-state index contributed by atoms with van der Waals surface area (Å²) in [4.78, 5) is 19.4. The summed E-state index contributed by atoms with van der Waals surface area (Å²) in [5.41, 5.74) is -2.58. The molecule has 2 saturated heterocycles. The van der Waals surface area contributed by atoms with Gasteiger partial charge in [0.05, 0.1) is 23.3 Å². The molecular weight excluding hydrogens is 571 g/mol. The van der Waals surface area contributed by atoms with Crippen molar-refractivity contribution in [1.82, 2.24) is 15.0 Å². The van der Waals surface area contributed by atoms with Crippen LogP contribution in [-0.2, 0) is 21.9 Å². The summed E-state index contributed by atoms with van der Waals surface area (Å²) < 4.78 is 106. The van der Waals surface area contributed by atoms with Gasteiger partial charge in [0.2, 0.25) is 11.8 Å². The van der Waals surface area contributed by atoms with Crippen LogP contribution in [0, 0.1) is 5.82 Å². The van der Waals surface area contributed by atoms with Gasteiger partial charge in [0, 0.05) is 36.8 Å². The Morgan fingerprint density at radius 3 is 2.14 bits per heavy atom. The zero-order valence-electron chi connectivity index (χ0n) is 22.8. The summed E-state index contributed by atoms with van der Waals surface area (Å²) in [6.45, 7) is 5.21. The summed E-state index contributed by atoms with van der Waals surface area (Å²) in [5.74, 6) is -0.875. The van der Waals surface area contributed by atoms with Gasteiger partial charge in [-0.3, -0.25) is 4.79 Å². The van der Waals surface area contributed by atoms with E-state index >= 15 is 0 Å². The number of halogens is 7. The fourth-order valence-electron chi connectivity index (χ4n) is 5.79. The highest BCUT2D eigenvalue weighted by Gasteiger charge is 2.50. The van der Waals surface area contributed by atoms with Crippen LogP contribution in [0.25, 0.3) is 0 Å². The Bertz CT molecular complexity index is 1400. The van der Waals surface area contributed by atoms with Crippen molar-refractivity contribution >= 4 is 5.91 Å². The molecule has 42 heavy (non-hydrogen) atoms. The Morgan fingerprint density at radius 1 is 0.976 bits per heavy atom. The van der Waals surface area contributed by atoms with Crippen LogP contribution in [0.2, 0.25) is 0 Å². The molecule has 5 rings (SSSR count). The van der Waals surface area contributed by atoms with E-state index in [1.54, 1.807) is 4.90 Å². The normalized spacial score (nSPS) is 23.9. The third-order valence-electron chi connectivity index (χ3n) is 7.90. The largest absolute Gasteiger partial charge is 0.416 e. The van der Waals surface area contributed by atoms with Crippen molar-refractivity contribution in [1.29, 1.82) is 0 Å². The Kier molecular flexibility index (Phi) is 7.84. The number of amides is 1. The SMILES string of the molecule is CC(C)c1noc(C2CC(=O)N3C[C@H](OC(C)c4cc(C(F)(F)F)cc(C(F)(F)F)c4)C(c4ccc(F)cc4)C3C2)n1. The van der Waals surface area contributed by atoms with E-state index in [-0.39, 0.29) is 36.4 Å². The van der Waals surface area contributed by atoms with E-state index in [4.69, 9.17) is 9.26 Å². The van der Waals surface area contributed by atoms with Crippen LogP contribution < -0.4 is 0 Å². The van der Waals surface area contributed by atoms with Crippen molar-refractivity contribution in [3.63, 3.8) is 0 Å². The molecule has 0 N–H and O–H groups in total. The second-order valence-electron chi connectivity index (χ2n) is 11.1. The predicted octanol–water partition coefficient (Wildman–Crippen LogP) is 7.39. The molecule has 2 aliphatic rings. The van der Waals surface area contributed by atoms with Crippen molar-refractivity contribution < 1.29 is 44.8 Å². The van der Waals surface area contributed by atoms with E-state index in [2.05, 4.69) is 10.1 Å². The molecular formula is C29H28F7N3O3. The van der Waals surface area contributed by atoms with Crippen LogP contribution in [0.3, 0.4) is 0 Å². The lowest BCUT2D eigenvalue weighted by Gasteiger charge is -2.35. The van der Waals surface area contributed by atoms with Gasteiger partial charge in [0.25, 0.3) is 0 Å². The summed E-state index contributed by atoms with van der Waals surface area (Å²) in [6, 6.07) is 6.43. The summed E-state index contributed by atoms with van der Waals surface area (Å²) >= 11 is 0. The minimum Gasteiger partial charge on any atom is -0.368 e. The predicted molar refractivity (Wildman–Crippen MR) is 135 cm³/mol. The van der Waals surface area contributed by atoms with Crippen molar-refractivity contribution in [3.05, 3.63) is 82.3 Å². The highest BCUT2D eigenvalue weighted by Crippen LogP contribution is 2.46. The molecule has 6 nitrogen and oxygen atoms in total. The number of piperidine rings is 1. The zero-order valence-corrected chi connectivity index (χ0v) is 22.8. The monoisotopic (exact) mass is 599 g/mol. The highest BCUT2D eigenvalue weighted by molar-refractivity contribution is 5.79. The Morgan fingerprint density at radius 2 is 1.60 bits per heavy atom. The molecule has 0 aliphatic carbocycles. The summed E-state index contributed by atoms with van der Waals surface area (Å²) in [5, 5.41) is 3.99. The Labute approximate surface area is 236 Å². The van der Waals surface area contributed by atoms with E-state index in [0.717, 1.165) is 0 Å². The van der Waals surface area contributed by atoms with Crippen LogP contribution in [-0.4, -0.2) is 39.6 Å². The highest BCUT2D eigenvalue weighted by atomic mass is 19.4. The van der Waals surface area contributed by atoms with E-state index in [9.17, 15) is 35.5 Å². The van der Waals surface area contributed by atoms with E-state index < -0.39 is 59.4 Å². The van der Waals surface area contributed by atoms with Crippen molar-refractivity contribution in [2.24, 2.45) is 0 Å². The van der Waals surface area contributed by atoms with Crippen molar-refractivity contribution in [2.75, 3.05) is 6.54 Å². The number of hydrogen-bond donors (Lipinski definition) is 0. The number of benzene rings is 2. The first-order chi connectivity index (χ1) is 19.6. The number of hydrogen-bond acceptors (Lipinski definition) is 5. The smallest absolute Gasteiger partial charge is 0.368 e. The van der Waals surface area contributed by atoms with E-state index in [1.807, 2.05) is 13.8 Å². The number of rotatable bonds is 6. The molecule has 226 valence electrons. The number of alkyl halides is 6. The van der Waals surface area contributed by atoms with Crippen molar-refractivity contribution in [2.45, 2.75) is 82.0 Å². The van der Waals surface area contributed by atoms with Gasteiger partial charge in [-0.1, -0.05) is 31.1 Å². The van der Waals surface area contributed by atoms with E-state index in [1.165, 1.54) is 31.2 Å². The molecule has 3 heterocycles. The van der Waals surface area contributed by atoms with Gasteiger partial charge < -0.3 is 14.2 Å². The molecule has 2 aromatic carbocycles. The van der Waals surface area contributed by atoms with Crippen LogP contribution >= 0.6 is 0 Å². The van der Waals surface area contributed by atoms with Gasteiger partial charge in [0.1, 0.15) is 5.82 Å². The molecule has 5 atom stereocenters. The van der Waals surface area contributed by atoms with Gasteiger partial charge in [-0.05, 0) is 54.8 Å². The fourth-order valence-corrected chi connectivity index (χ4v) is 5.79. The van der Waals surface area contributed by atoms with Gasteiger partial charge in [-0.15, -0.1) is 0 Å². The third kappa shape index (κ3) is 6.02. The average molecular weight is 600 g/mol. The van der Waals surface area contributed by atoms with Gasteiger partial charge >= 0.3 is 12.4 Å². The van der Waals surface area contributed by atoms with Gasteiger partial charge in [0.15, 0.2) is 5.82 Å². The maximum atomic E-state index is 13.8. The summed E-state index contributed by atoms with van der Waals surface area (Å²) in [6.07, 6.45) is -11.5. The first-order valence-corrected chi connectivity index (χ1v) is 13.4. The lowest BCUT2D eigenvalue weighted by molar-refractivity contribution is -0.143. The van der Waals surface area contributed by atoms with Crippen LogP contribution in [0.1, 0.15) is 91.4 Å². The maximum Gasteiger partial charge on any atom is 0.416 e. The number of ether oxygens (including phenoxy) is 1. The average Bonchev–Trinajstić information content (AvgIpc) is 3.54. The minimum atomic E-state index is -5.01. The molecule has 0 radical (unpaired) electrons. The Balaban J connectivity index is 1.48. The number of fused-ring (bicyclic) bond motifs is 1. The molecule has 0 saturated carbocycles. The van der Waals surface area contributed by atoms with Gasteiger partial charge in [-0.2, -0.15) is 31.3 Å². The second kappa shape index (κ2) is 11.0. The number of nitrogens with zero attached hydrogens (tertiary/aromatic N) is 3. The molecule has 3 aromatic rings. The van der Waals surface area contributed by atoms with E-state index in [0.29, 0.717) is 35.8 Å². The molecule has 1 amide bonds. The lowest BCUT2D eigenvalue weighted by atomic mass is 9.81. The molecule has 0 bridgehead atoms. The molecule has 2 aliphatic heterocycles. The van der Waals surface area contributed by atoms with Crippen molar-refractivity contribution in [3.8, 4) is 0 Å². The standard InChI is InChI=1S/C29H28F7N3O3/c1-14(2)26-37-27(42-38-26)18-10-22-25(16-4-6-21(30)7-5-16)23(13-39(22)24(40)11-18)41-15(3)17-8-19(28(31,32)33)12-20(9-17)29(34,35)36/h4-9,12,14-15,18,22-23,25H,10-11,13H2,1-3H3/t15?,18?,22?,23-,25?/m0/s1. The molecule has 4 unspecified atom stereocenters. The zero-order chi connectivity index (χ0) is 30.6. The third-order valence-corrected chi connectivity index (χ3v) is 7.90. The fraction of sp³-hybridized carbons (Fsp3) is 0.483. The first-order valence-electron chi connectivity index (χ1n) is 13.4. The Hall–Kier alpha value is -3.48. The molecule has 1 aromatic heterocycles. The van der Waals surface area contributed by atoms with Gasteiger partial charge in [-0.25, -0.2) is 4.39 Å². The molecule has 0 spiro atoms. The quantitative estimate of drug-likeness (QED) is 0.277. The summed E-state index contributed by atoms with van der Waals surface area (Å²) in [7, 11) is 0. The first kappa shape index (κ1) is 30.0. The second-order valence-corrected chi connectivity index (χ2v) is 11.1.